The van der Waals surface area contributed by atoms with E-state index in [4.69, 9.17) is 9.47 Å². The lowest BCUT2D eigenvalue weighted by molar-refractivity contribution is 0.213. The van der Waals surface area contributed by atoms with E-state index in [0.717, 1.165) is 25.3 Å². The van der Waals surface area contributed by atoms with Crippen LogP contribution in [0.3, 0.4) is 0 Å². The number of ether oxygens (including phenoxy) is 2. The maximum atomic E-state index is 5.66. The van der Waals surface area contributed by atoms with Crippen LogP contribution in [0, 0.1) is 0 Å². The minimum atomic E-state index is 0.245. The van der Waals surface area contributed by atoms with Gasteiger partial charge in [-0.1, -0.05) is 0 Å². The summed E-state index contributed by atoms with van der Waals surface area (Å²) in [7, 11) is 1.64. The fourth-order valence-corrected chi connectivity index (χ4v) is 1.48. The zero-order valence-corrected chi connectivity index (χ0v) is 8.19. The van der Waals surface area contributed by atoms with E-state index in [1.807, 2.05) is 0 Å². The van der Waals surface area contributed by atoms with Gasteiger partial charge in [0.15, 0.2) is 0 Å². The Hall–Kier alpha value is -1.29. The summed E-state index contributed by atoms with van der Waals surface area (Å²) >= 11 is 0. The van der Waals surface area contributed by atoms with Gasteiger partial charge in [-0.05, 0) is 19.0 Å². The molecule has 1 fully saturated rings. The van der Waals surface area contributed by atoms with Crippen molar-refractivity contribution in [3.05, 3.63) is 18.3 Å². The molecule has 0 unspecified atom stereocenters. The molecule has 0 aromatic carbocycles. The molecule has 0 spiro atoms. The van der Waals surface area contributed by atoms with Crippen LogP contribution in [0.5, 0.6) is 11.6 Å². The summed E-state index contributed by atoms with van der Waals surface area (Å²) in [6.45, 7) is 1.92. The van der Waals surface area contributed by atoms with Gasteiger partial charge in [0.1, 0.15) is 11.9 Å². The maximum absolute atomic E-state index is 5.66. The summed E-state index contributed by atoms with van der Waals surface area (Å²) in [4.78, 5) is 4.12. The third-order valence-corrected chi connectivity index (χ3v) is 2.24. The molecule has 1 aromatic rings. The van der Waals surface area contributed by atoms with Gasteiger partial charge in [-0.15, -0.1) is 0 Å². The first-order valence-corrected chi connectivity index (χ1v) is 4.76. The summed E-state index contributed by atoms with van der Waals surface area (Å²) < 4.78 is 10.7. The first kappa shape index (κ1) is 9.27. The minimum Gasteiger partial charge on any atom is -0.497 e. The monoisotopic (exact) mass is 194 g/mol. The molecule has 1 aromatic heterocycles. The first-order chi connectivity index (χ1) is 6.88. The molecule has 0 amide bonds. The van der Waals surface area contributed by atoms with Crippen LogP contribution in [0.15, 0.2) is 18.3 Å². The third-order valence-electron chi connectivity index (χ3n) is 2.24. The van der Waals surface area contributed by atoms with Gasteiger partial charge in [-0.25, -0.2) is 4.98 Å². The lowest BCUT2D eigenvalue weighted by Gasteiger charge is -2.11. The first-order valence-electron chi connectivity index (χ1n) is 4.76. The van der Waals surface area contributed by atoms with E-state index in [9.17, 15) is 0 Å². The van der Waals surface area contributed by atoms with Crippen LogP contribution in [0.2, 0.25) is 0 Å². The second-order valence-corrected chi connectivity index (χ2v) is 3.27. The van der Waals surface area contributed by atoms with Crippen molar-refractivity contribution >= 4 is 0 Å². The molecule has 1 aliphatic heterocycles. The largest absolute Gasteiger partial charge is 0.497 e. The van der Waals surface area contributed by atoms with Crippen LogP contribution in [0.4, 0.5) is 0 Å². The highest BCUT2D eigenvalue weighted by atomic mass is 16.5. The Balaban J connectivity index is 2.00. The molecule has 0 bridgehead atoms. The molecule has 1 aliphatic rings. The van der Waals surface area contributed by atoms with Crippen molar-refractivity contribution in [1.29, 1.82) is 0 Å². The third kappa shape index (κ3) is 2.14. The number of nitrogens with one attached hydrogen (secondary N) is 1. The quantitative estimate of drug-likeness (QED) is 0.774. The SMILES string of the molecule is COc1ccnc(O[C@H]2CCNC2)c1. The van der Waals surface area contributed by atoms with E-state index < -0.39 is 0 Å². The molecule has 1 saturated heterocycles. The van der Waals surface area contributed by atoms with Gasteiger partial charge in [0.2, 0.25) is 5.88 Å². The minimum absolute atomic E-state index is 0.245. The van der Waals surface area contributed by atoms with Gasteiger partial charge in [0.05, 0.1) is 7.11 Å². The molecular weight excluding hydrogens is 180 g/mol. The molecule has 0 radical (unpaired) electrons. The average molecular weight is 194 g/mol. The van der Waals surface area contributed by atoms with E-state index in [1.54, 1.807) is 25.4 Å². The van der Waals surface area contributed by atoms with Crippen LogP contribution >= 0.6 is 0 Å². The highest BCUT2D eigenvalue weighted by Crippen LogP contribution is 2.18. The van der Waals surface area contributed by atoms with E-state index in [-0.39, 0.29) is 6.10 Å². The van der Waals surface area contributed by atoms with Crippen molar-refractivity contribution in [3.8, 4) is 11.6 Å². The van der Waals surface area contributed by atoms with Crippen LogP contribution < -0.4 is 14.8 Å². The Morgan fingerprint density at radius 3 is 3.21 bits per heavy atom. The molecule has 0 saturated carbocycles. The van der Waals surface area contributed by atoms with E-state index in [2.05, 4.69) is 10.3 Å². The van der Waals surface area contributed by atoms with Crippen molar-refractivity contribution in [2.24, 2.45) is 0 Å². The number of methoxy groups -OCH3 is 1. The van der Waals surface area contributed by atoms with Crippen LogP contribution in [-0.4, -0.2) is 31.3 Å². The second kappa shape index (κ2) is 4.28. The zero-order valence-electron chi connectivity index (χ0n) is 8.19. The molecule has 4 heteroatoms. The van der Waals surface area contributed by atoms with Gasteiger partial charge in [0, 0.05) is 18.8 Å². The molecule has 4 nitrogen and oxygen atoms in total. The van der Waals surface area contributed by atoms with E-state index in [1.165, 1.54) is 0 Å². The van der Waals surface area contributed by atoms with Gasteiger partial charge >= 0.3 is 0 Å². The second-order valence-electron chi connectivity index (χ2n) is 3.27. The fourth-order valence-electron chi connectivity index (χ4n) is 1.48. The van der Waals surface area contributed by atoms with E-state index >= 15 is 0 Å². The van der Waals surface area contributed by atoms with E-state index in [0.29, 0.717) is 5.88 Å². The molecule has 0 aliphatic carbocycles. The van der Waals surface area contributed by atoms with Gasteiger partial charge < -0.3 is 14.8 Å². The number of nitrogens with zero attached hydrogens (tertiary/aromatic N) is 1. The Kier molecular flexibility index (Phi) is 2.84. The van der Waals surface area contributed by atoms with Crippen LogP contribution in [-0.2, 0) is 0 Å². The highest BCUT2D eigenvalue weighted by Gasteiger charge is 2.16. The Bertz CT molecular complexity index is 298. The van der Waals surface area contributed by atoms with Crippen molar-refractivity contribution in [3.63, 3.8) is 0 Å². The molecule has 76 valence electrons. The molecule has 2 heterocycles. The van der Waals surface area contributed by atoms with Crippen LogP contribution in [0.1, 0.15) is 6.42 Å². The lowest BCUT2D eigenvalue weighted by Crippen LogP contribution is -2.19. The van der Waals surface area contributed by atoms with Gasteiger partial charge in [-0.3, -0.25) is 0 Å². The zero-order chi connectivity index (χ0) is 9.80. The van der Waals surface area contributed by atoms with Crippen molar-refractivity contribution in [2.45, 2.75) is 12.5 Å². The van der Waals surface area contributed by atoms with Gasteiger partial charge in [-0.2, -0.15) is 0 Å². The Labute approximate surface area is 83.2 Å². The summed E-state index contributed by atoms with van der Waals surface area (Å²) in [5.41, 5.74) is 0. The Morgan fingerprint density at radius 1 is 1.57 bits per heavy atom. The smallest absolute Gasteiger partial charge is 0.217 e. The number of hydrogen-bond acceptors (Lipinski definition) is 4. The lowest BCUT2D eigenvalue weighted by atomic mass is 10.3. The van der Waals surface area contributed by atoms with Crippen LogP contribution in [0.25, 0.3) is 0 Å². The number of aromatic nitrogens is 1. The summed E-state index contributed by atoms with van der Waals surface area (Å²) in [6.07, 6.45) is 2.98. The predicted octanol–water partition coefficient (Wildman–Crippen LogP) is 0.831. The molecule has 1 N–H and O–H groups in total. The number of rotatable bonds is 3. The molecule has 1 atom stereocenters. The maximum Gasteiger partial charge on any atom is 0.217 e. The summed E-state index contributed by atoms with van der Waals surface area (Å²) in [5.74, 6) is 1.42. The topological polar surface area (TPSA) is 43.4 Å². The standard InChI is InChI=1S/C10H14N2O2/c1-13-8-3-5-12-10(6-8)14-9-2-4-11-7-9/h3,5-6,9,11H,2,4,7H2,1H3/t9-/m0/s1. The normalized spacial score (nSPS) is 20.8. The predicted molar refractivity (Wildman–Crippen MR) is 52.7 cm³/mol. The highest BCUT2D eigenvalue weighted by molar-refractivity contribution is 5.26. The number of pyridine rings is 1. The summed E-state index contributed by atoms with van der Waals surface area (Å²) in [6, 6.07) is 3.61. The fraction of sp³-hybridized carbons (Fsp3) is 0.500. The van der Waals surface area contributed by atoms with Crippen molar-refractivity contribution in [1.82, 2.24) is 10.3 Å². The van der Waals surface area contributed by atoms with Crippen molar-refractivity contribution < 1.29 is 9.47 Å². The molecule has 14 heavy (non-hydrogen) atoms. The summed E-state index contributed by atoms with van der Waals surface area (Å²) in [5, 5.41) is 3.24. The molecular formula is C10H14N2O2. The number of hydrogen-bond donors (Lipinski definition) is 1. The average Bonchev–Trinajstić information content (AvgIpc) is 2.71. The van der Waals surface area contributed by atoms with Crippen molar-refractivity contribution in [2.75, 3.05) is 20.2 Å². The molecule has 2 rings (SSSR count). The van der Waals surface area contributed by atoms with Gasteiger partial charge in [0.25, 0.3) is 0 Å². The Morgan fingerprint density at radius 2 is 2.50 bits per heavy atom.